The highest BCUT2D eigenvalue weighted by Gasteiger charge is 2.14. The Kier molecular flexibility index (Phi) is 8.34. The molecule has 0 aliphatic heterocycles. The number of nitrogens with zero attached hydrogens (tertiary/aromatic N) is 1. The molecule has 3 aromatic rings. The van der Waals surface area contributed by atoms with Crippen LogP contribution in [0, 0.1) is 0 Å². The van der Waals surface area contributed by atoms with Gasteiger partial charge in [0, 0.05) is 14.6 Å². The molecule has 3 aromatic carbocycles. The molecule has 0 saturated heterocycles. The van der Waals surface area contributed by atoms with E-state index in [0.717, 1.165) is 8.95 Å². The molecule has 0 atom stereocenters. The predicted molar refractivity (Wildman–Crippen MR) is 131 cm³/mol. The molecule has 0 bridgehead atoms. The number of halogens is 2. The van der Waals surface area contributed by atoms with Gasteiger partial charge in [-0.1, -0.05) is 37.9 Å². The first-order valence-corrected chi connectivity index (χ1v) is 11.0. The van der Waals surface area contributed by atoms with Gasteiger partial charge in [0.15, 0.2) is 11.5 Å². The number of benzene rings is 3. The maximum absolute atomic E-state index is 12.4. The third-order valence-corrected chi connectivity index (χ3v) is 5.16. The first-order valence-electron chi connectivity index (χ1n) is 9.41. The first-order chi connectivity index (χ1) is 15.9. The molecule has 0 aliphatic carbocycles. The fourth-order valence-corrected chi connectivity index (χ4v) is 3.22. The molecule has 3 rings (SSSR count). The summed E-state index contributed by atoms with van der Waals surface area (Å²) in [6, 6.07) is 18.3. The van der Waals surface area contributed by atoms with E-state index in [2.05, 4.69) is 47.7 Å². The molecule has 0 saturated carbocycles. The molecule has 0 unspecified atom stereocenters. The van der Waals surface area contributed by atoms with Crippen molar-refractivity contribution in [2.45, 2.75) is 0 Å². The summed E-state index contributed by atoms with van der Waals surface area (Å²) in [7, 11) is 1.43. The van der Waals surface area contributed by atoms with Gasteiger partial charge in [0.05, 0.1) is 18.9 Å². The fraction of sp³-hybridized carbons (Fsp3) is 0.0435. The maximum Gasteiger partial charge on any atom is 0.343 e. The zero-order valence-electron chi connectivity index (χ0n) is 17.2. The standard InChI is InChI=1S/C23H17Br2N3O5/c1-32-20-11-14(5-10-19(20)33-23(31)15-3-2-4-17(25)12-15)13-26-28-22(30)21(29)27-18-8-6-16(24)7-9-18/h2-13H,1H3,(H,27,29)(H,28,30). The van der Waals surface area contributed by atoms with Crippen molar-refractivity contribution < 1.29 is 23.9 Å². The average molecular weight is 575 g/mol. The predicted octanol–water partition coefficient (Wildman–Crippen LogP) is 4.53. The van der Waals surface area contributed by atoms with Crippen molar-refractivity contribution in [3.8, 4) is 11.5 Å². The number of nitrogens with one attached hydrogen (secondary N) is 2. The van der Waals surface area contributed by atoms with Gasteiger partial charge in [0.2, 0.25) is 0 Å². The highest BCUT2D eigenvalue weighted by molar-refractivity contribution is 9.10. The number of rotatable bonds is 6. The van der Waals surface area contributed by atoms with E-state index in [1.807, 2.05) is 0 Å². The topological polar surface area (TPSA) is 106 Å². The third kappa shape index (κ3) is 6.99. The number of esters is 1. The number of methoxy groups -OCH3 is 1. The lowest BCUT2D eigenvalue weighted by Gasteiger charge is -2.10. The fourth-order valence-electron chi connectivity index (χ4n) is 2.56. The summed E-state index contributed by atoms with van der Waals surface area (Å²) < 4.78 is 12.3. The zero-order chi connectivity index (χ0) is 23.8. The van der Waals surface area contributed by atoms with Crippen LogP contribution in [0.4, 0.5) is 5.69 Å². The molecule has 8 nitrogen and oxygen atoms in total. The third-order valence-electron chi connectivity index (χ3n) is 4.14. The van der Waals surface area contributed by atoms with Crippen molar-refractivity contribution in [2.24, 2.45) is 5.10 Å². The van der Waals surface area contributed by atoms with Crippen LogP contribution in [0.2, 0.25) is 0 Å². The Bertz CT molecular complexity index is 1210. The van der Waals surface area contributed by atoms with Gasteiger partial charge in [-0.25, -0.2) is 10.2 Å². The van der Waals surface area contributed by atoms with E-state index >= 15 is 0 Å². The molecule has 2 N–H and O–H groups in total. The lowest BCUT2D eigenvalue weighted by Crippen LogP contribution is -2.32. The SMILES string of the molecule is COc1cc(C=NNC(=O)C(=O)Nc2ccc(Br)cc2)ccc1OC(=O)c1cccc(Br)c1. The Hall–Kier alpha value is -3.50. The molecule has 0 fully saturated rings. The smallest absolute Gasteiger partial charge is 0.343 e. The molecule has 33 heavy (non-hydrogen) atoms. The molecule has 168 valence electrons. The molecule has 10 heteroatoms. The quantitative estimate of drug-likeness (QED) is 0.148. The Morgan fingerprint density at radius 1 is 0.879 bits per heavy atom. The first kappa shape index (κ1) is 24.1. The number of hydrogen-bond acceptors (Lipinski definition) is 6. The summed E-state index contributed by atoms with van der Waals surface area (Å²) in [6.45, 7) is 0. The maximum atomic E-state index is 12.4. The van der Waals surface area contributed by atoms with Crippen LogP contribution >= 0.6 is 31.9 Å². The number of hydrazone groups is 1. The molecule has 0 spiro atoms. The van der Waals surface area contributed by atoms with Crippen molar-refractivity contribution in [1.29, 1.82) is 0 Å². The van der Waals surface area contributed by atoms with Crippen molar-refractivity contribution in [1.82, 2.24) is 5.43 Å². The Labute approximate surface area is 206 Å². The van der Waals surface area contributed by atoms with E-state index in [9.17, 15) is 14.4 Å². The minimum Gasteiger partial charge on any atom is -0.493 e. The van der Waals surface area contributed by atoms with Crippen LogP contribution in [0.3, 0.4) is 0 Å². The van der Waals surface area contributed by atoms with Gasteiger partial charge < -0.3 is 14.8 Å². The second-order valence-corrected chi connectivity index (χ2v) is 8.30. The van der Waals surface area contributed by atoms with Crippen LogP contribution < -0.4 is 20.2 Å². The summed E-state index contributed by atoms with van der Waals surface area (Å²) in [5.74, 6) is -1.82. The molecule has 0 radical (unpaired) electrons. The average Bonchev–Trinajstić information content (AvgIpc) is 2.81. The summed E-state index contributed by atoms with van der Waals surface area (Å²) in [6.07, 6.45) is 1.33. The number of carbonyl (C=O) groups excluding carboxylic acids is 3. The van der Waals surface area contributed by atoms with Crippen molar-refractivity contribution in [3.63, 3.8) is 0 Å². The van der Waals surface area contributed by atoms with Gasteiger partial charge >= 0.3 is 17.8 Å². The van der Waals surface area contributed by atoms with Crippen LogP contribution in [0.1, 0.15) is 15.9 Å². The highest BCUT2D eigenvalue weighted by Crippen LogP contribution is 2.28. The van der Waals surface area contributed by atoms with Crippen molar-refractivity contribution in [2.75, 3.05) is 12.4 Å². The van der Waals surface area contributed by atoms with Gasteiger partial charge in [0.25, 0.3) is 0 Å². The van der Waals surface area contributed by atoms with Gasteiger partial charge in [-0.05, 0) is 66.2 Å². The Morgan fingerprint density at radius 2 is 1.64 bits per heavy atom. The van der Waals surface area contributed by atoms with Crippen LogP contribution in [0.25, 0.3) is 0 Å². The molecule has 0 heterocycles. The summed E-state index contributed by atoms with van der Waals surface area (Å²) in [5.41, 5.74) is 3.54. The van der Waals surface area contributed by atoms with E-state index in [-0.39, 0.29) is 5.75 Å². The van der Waals surface area contributed by atoms with Crippen LogP contribution in [-0.2, 0) is 9.59 Å². The van der Waals surface area contributed by atoms with Gasteiger partial charge in [-0.3, -0.25) is 9.59 Å². The molecular weight excluding hydrogens is 558 g/mol. The summed E-state index contributed by atoms with van der Waals surface area (Å²) in [4.78, 5) is 36.2. The van der Waals surface area contributed by atoms with Crippen LogP contribution in [0.5, 0.6) is 11.5 Å². The second-order valence-electron chi connectivity index (χ2n) is 6.47. The Balaban J connectivity index is 1.60. The monoisotopic (exact) mass is 573 g/mol. The van der Waals surface area contributed by atoms with E-state index < -0.39 is 17.8 Å². The highest BCUT2D eigenvalue weighted by atomic mass is 79.9. The van der Waals surface area contributed by atoms with Crippen LogP contribution in [0.15, 0.2) is 80.8 Å². The minimum atomic E-state index is -0.930. The lowest BCUT2D eigenvalue weighted by molar-refractivity contribution is -0.136. The number of anilines is 1. The number of ether oxygens (including phenoxy) is 2. The minimum absolute atomic E-state index is 0.220. The van der Waals surface area contributed by atoms with E-state index in [4.69, 9.17) is 9.47 Å². The van der Waals surface area contributed by atoms with Crippen LogP contribution in [-0.4, -0.2) is 31.1 Å². The van der Waals surface area contributed by atoms with E-state index in [1.54, 1.807) is 60.7 Å². The summed E-state index contributed by atoms with van der Waals surface area (Å²) in [5, 5.41) is 6.24. The summed E-state index contributed by atoms with van der Waals surface area (Å²) >= 11 is 6.60. The van der Waals surface area contributed by atoms with Crippen molar-refractivity contribution >= 4 is 61.5 Å². The van der Waals surface area contributed by atoms with E-state index in [1.165, 1.54) is 19.4 Å². The second kappa shape index (κ2) is 11.4. The molecular formula is C23H17Br2N3O5. The molecule has 2 amide bonds. The van der Waals surface area contributed by atoms with Gasteiger partial charge in [0.1, 0.15) is 0 Å². The van der Waals surface area contributed by atoms with Gasteiger partial charge in [-0.2, -0.15) is 5.10 Å². The molecule has 0 aliphatic rings. The zero-order valence-corrected chi connectivity index (χ0v) is 20.3. The normalized spacial score (nSPS) is 10.5. The largest absolute Gasteiger partial charge is 0.493 e. The van der Waals surface area contributed by atoms with E-state index in [0.29, 0.717) is 22.6 Å². The Morgan fingerprint density at radius 3 is 2.33 bits per heavy atom. The number of amides is 2. The van der Waals surface area contributed by atoms with Crippen molar-refractivity contribution in [3.05, 3.63) is 86.8 Å². The lowest BCUT2D eigenvalue weighted by atomic mass is 10.2. The molecule has 0 aromatic heterocycles. The number of hydrogen-bond donors (Lipinski definition) is 2. The number of carbonyl (C=O) groups is 3. The van der Waals surface area contributed by atoms with Gasteiger partial charge in [-0.15, -0.1) is 0 Å².